The zero-order valence-electron chi connectivity index (χ0n) is 11.0. The van der Waals surface area contributed by atoms with E-state index < -0.39 is 10.0 Å². The fourth-order valence-electron chi connectivity index (χ4n) is 3.03. The van der Waals surface area contributed by atoms with Gasteiger partial charge in [0.05, 0.1) is 18.8 Å². The Labute approximate surface area is 118 Å². The third kappa shape index (κ3) is 2.46. The standard InChI is InChI=1S/C13H19NO3S2/c1-10-6-7-13(18-10)19(15,16)14-8-9-17-12-5-3-2-4-11(12)14/h6-7,11-12H,2-5,8-9H2,1H3/t11-,12-/m1/s1. The van der Waals surface area contributed by atoms with Gasteiger partial charge in [-0.05, 0) is 31.9 Å². The summed E-state index contributed by atoms with van der Waals surface area (Å²) in [4.78, 5) is 1.03. The highest BCUT2D eigenvalue weighted by Crippen LogP contribution is 2.34. The molecule has 4 nitrogen and oxygen atoms in total. The highest BCUT2D eigenvalue weighted by molar-refractivity contribution is 7.91. The largest absolute Gasteiger partial charge is 0.375 e. The minimum absolute atomic E-state index is 0.0370. The van der Waals surface area contributed by atoms with Crippen LogP contribution < -0.4 is 0 Å². The van der Waals surface area contributed by atoms with Crippen molar-refractivity contribution in [3.8, 4) is 0 Å². The first-order chi connectivity index (χ1) is 9.09. The lowest BCUT2D eigenvalue weighted by Gasteiger charge is -2.42. The maximum atomic E-state index is 12.7. The summed E-state index contributed by atoms with van der Waals surface area (Å²) in [5.41, 5.74) is 0. The van der Waals surface area contributed by atoms with Gasteiger partial charge in [0.25, 0.3) is 10.0 Å². The molecule has 0 unspecified atom stereocenters. The molecular formula is C13H19NO3S2. The van der Waals surface area contributed by atoms with Crippen molar-refractivity contribution in [2.75, 3.05) is 13.2 Å². The molecule has 2 atom stereocenters. The van der Waals surface area contributed by atoms with Crippen molar-refractivity contribution in [1.82, 2.24) is 4.31 Å². The van der Waals surface area contributed by atoms with Gasteiger partial charge in [0.2, 0.25) is 0 Å². The summed E-state index contributed by atoms with van der Waals surface area (Å²) in [5.74, 6) is 0. The van der Waals surface area contributed by atoms with E-state index in [1.54, 1.807) is 10.4 Å². The average molecular weight is 301 g/mol. The van der Waals surface area contributed by atoms with Crippen molar-refractivity contribution in [3.63, 3.8) is 0 Å². The second kappa shape index (κ2) is 5.16. The van der Waals surface area contributed by atoms with Crippen molar-refractivity contribution in [2.24, 2.45) is 0 Å². The molecule has 2 aliphatic rings. The highest BCUT2D eigenvalue weighted by Gasteiger charge is 2.41. The molecule has 2 fully saturated rings. The van der Waals surface area contributed by atoms with Gasteiger partial charge in [0, 0.05) is 11.4 Å². The van der Waals surface area contributed by atoms with Crippen molar-refractivity contribution in [3.05, 3.63) is 17.0 Å². The number of morpholine rings is 1. The molecule has 0 N–H and O–H groups in total. The Kier molecular flexibility index (Phi) is 3.68. The van der Waals surface area contributed by atoms with E-state index in [2.05, 4.69) is 0 Å². The van der Waals surface area contributed by atoms with Crippen molar-refractivity contribution in [2.45, 2.75) is 49.0 Å². The first-order valence-corrected chi connectivity index (χ1v) is 9.04. The molecule has 0 aromatic carbocycles. The summed E-state index contributed by atoms with van der Waals surface area (Å²) in [6, 6.07) is 3.63. The summed E-state index contributed by atoms with van der Waals surface area (Å²) in [7, 11) is -3.34. The second-order valence-corrected chi connectivity index (χ2v) is 8.65. The zero-order chi connectivity index (χ0) is 13.5. The molecule has 1 aliphatic heterocycles. The van der Waals surface area contributed by atoms with Crippen LogP contribution in [0.3, 0.4) is 0 Å². The van der Waals surface area contributed by atoms with Crippen LogP contribution >= 0.6 is 11.3 Å². The lowest BCUT2D eigenvalue weighted by atomic mass is 9.91. The van der Waals surface area contributed by atoms with Gasteiger partial charge in [-0.1, -0.05) is 12.8 Å². The second-order valence-electron chi connectivity index (χ2n) is 5.24. The van der Waals surface area contributed by atoms with E-state index in [-0.39, 0.29) is 12.1 Å². The number of rotatable bonds is 2. The highest BCUT2D eigenvalue weighted by atomic mass is 32.2. The summed E-state index contributed by atoms with van der Waals surface area (Å²) < 4.78 is 33.4. The van der Waals surface area contributed by atoms with E-state index in [1.807, 2.05) is 13.0 Å². The number of nitrogens with zero attached hydrogens (tertiary/aromatic N) is 1. The minimum Gasteiger partial charge on any atom is -0.375 e. The molecule has 1 saturated heterocycles. The van der Waals surface area contributed by atoms with Gasteiger partial charge in [0.15, 0.2) is 0 Å². The van der Waals surface area contributed by atoms with E-state index in [4.69, 9.17) is 4.74 Å². The van der Waals surface area contributed by atoms with Crippen molar-refractivity contribution < 1.29 is 13.2 Å². The molecule has 0 spiro atoms. The van der Waals surface area contributed by atoms with E-state index in [0.29, 0.717) is 17.4 Å². The Bertz CT molecular complexity index is 550. The number of thiophene rings is 1. The Morgan fingerprint density at radius 2 is 2.11 bits per heavy atom. The fraction of sp³-hybridized carbons (Fsp3) is 0.692. The third-order valence-corrected chi connectivity index (χ3v) is 7.35. The Balaban J connectivity index is 1.91. The van der Waals surface area contributed by atoms with Gasteiger partial charge in [-0.3, -0.25) is 0 Å². The molecule has 1 aromatic heterocycles. The lowest BCUT2D eigenvalue weighted by Crippen LogP contribution is -2.54. The van der Waals surface area contributed by atoms with Gasteiger partial charge in [0.1, 0.15) is 4.21 Å². The van der Waals surface area contributed by atoms with E-state index in [1.165, 1.54) is 11.3 Å². The first-order valence-electron chi connectivity index (χ1n) is 6.79. The van der Waals surface area contributed by atoms with Crippen LogP contribution in [0.15, 0.2) is 16.3 Å². The van der Waals surface area contributed by atoms with Crippen LogP contribution in [0.1, 0.15) is 30.6 Å². The van der Waals surface area contributed by atoms with Crippen molar-refractivity contribution in [1.29, 1.82) is 0 Å². The Hall–Kier alpha value is -0.430. The quantitative estimate of drug-likeness (QED) is 0.842. The molecule has 19 heavy (non-hydrogen) atoms. The maximum absolute atomic E-state index is 12.7. The smallest absolute Gasteiger partial charge is 0.252 e. The summed E-state index contributed by atoms with van der Waals surface area (Å²) in [6.07, 6.45) is 4.25. The summed E-state index contributed by atoms with van der Waals surface area (Å²) in [5, 5.41) is 0. The van der Waals surface area contributed by atoms with Crippen LogP contribution in [0, 0.1) is 6.92 Å². The van der Waals surface area contributed by atoms with E-state index in [0.717, 1.165) is 30.6 Å². The topological polar surface area (TPSA) is 46.6 Å². The monoisotopic (exact) mass is 301 g/mol. The average Bonchev–Trinajstić information content (AvgIpc) is 2.85. The molecule has 1 aromatic rings. The molecule has 0 radical (unpaired) electrons. The van der Waals surface area contributed by atoms with E-state index in [9.17, 15) is 8.42 Å². The van der Waals surface area contributed by atoms with Gasteiger partial charge in [-0.15, -0.1) is 11.3 Å². The summed E-state index contributed by atoms with van der Waals surface area (Å²) >= 11 is 1.36. The van der Waals surface area contributed by atoms with Crippen LogP contribution in [0.25, 0.3) is 0 Å². The SMILES string of the molecule is Cc1ccc(S(=O)(=O)N2CCO[C@@H]3CCCC[C@H]32)s1. The number of sulfonamides is 1. The van der Waals surface area contributed by atoms with Gasteiger partial charge < -0.3 is 4.74 Å². The fourth-order valence-corrected chi connectivity index (χ4v) is 6.10. The third-order valence-electron chi connectivity index (χ3n) is 3.96. The van der Waals surface area contributed by atoms with E-state index >= 15 is 0 Å². The summed E-state index contributed by atoms with van der Waals surface area (Å²) in [6.45, 7) is 2.94. The number of hydrogen-bond donors (Lipinski definition) is 0. The molecule has 1 aliphatic carbocycles. The Morgan fingerprint density at radius 3 is 2.84 bits per heavy atom. The van der Waals surface area contributed by atoms with Crippen LogP contribution in [0.5, 0.6) is 0 Å². The number of aryl methyl sites for hydroxylation is 1. The number of ether oxygens (including phenoxy) is 1. The first kappa shape index (κ1) is 13.5. The number of fused-ring (bicyclic) bond motifs is 1. The molecule has 106 valence electrons. The predicted octanol–water partition coefficient (Wildman–Crippen LogP) is 2.39. The van der Waals surface area contributed by atoms with Gasteiger partial charge in [-0.2, -0.15) is 4.31 Å². The lowest BCUT2D eigenvalue weighted by molar-refractivity contribution is -0.0585. The molecule has 0 bridgehead atoms. The molecular weight excluding hydrogens is 282 g/mol. The molecule has 1 saturated carbocycles. The molecule has 2 heterocycles. The predicted molar refractivity (Wildman–Crippen MR) is 74.9 cm³/mol. The normalized spacial score (nSPS) is 29.1. The van der Waals surface area contributed by atoms with Gasteiger partial charge in [-0.25, -0.2) is 8.42 Å². The minimum atomic E-state index is -3.34. The van der Waals surface area contributed by atoms with Crippen molar-refractivity contribution >= 4 is 21.4 Å². The molecule has 3 rings (SSSR count). The zero-order valence-corrected chi connectivity index (χ0v) is 12.7. The van der Waals surface area contributed by atoms with Crippen LogP contribution in [0.4, 0.5) is 0 Å². The van der Waals surface area contributed by atoms with Gasteiger partial charge >= 0.3 is 0 Å². The van der Waals surface area contributed by atoms with Crippen LogP contribution in [0.2, 0.25) is 0 Å². The Morgan fingerprint density at radius 1 is 1.32 bits per heavy atom. The maximum Gasteiger partial charge on any atom is 0.252 e. The van der Waals surface area contributed by atoms with Crippen LogP contribution in [-0.4, -0.2) is 38.0 Å². The van der Waals surface area contributed by atoms with Crippen LogP contribution in [-0.2, 0) is 14.8 Å². The molecule has 6 heteroatoms. The number of hydrogen-bond acceptors (Lipinski definition) is 4. The molecule has 0 amide bonds.